The second-order valence-electron chi connectivity index (χ2n) is 3.46. The number of hydrogen-bond donors (Lipinski definition) is 4. The fraction of sp³-hybridized carbons (Fsp3) is 0.750. The van der Waals surface area contributed by atoms with Gasteiger partial charge in [0.1, 0.15) is 6.04 Å². The van der Waals surface area contributed by atoms with E-state index in [0.29, 0.717) is 0 Å². The summed E-state index contributed by atoms with van der Waals surface area (Å²) in [5, 5.41) is 26.8. The molecule has 1 heterocycles. The van der Waals surface area contributed by atoms with Gasteiger partial charge in [-0.2, -0.15) is 0 Å². The van der Waals surface area contributed by atoms with Gasteiger partial charge >= 0.3 is 5.97 Å². The van der Waals surface area contributed by atoms with E-state index in [9.17, 15) is 14.7 Å². The largest absolute Gasteiger partial charge is 0.480 e. The fourth-order valence-electron chi connectivity index (χ4n) is 1.61. The molecule has 3 atom stereocenters. The Bertz CT molecular complexity index is 270. The molecule has 0 bridgehead atoms. The maximum Gasteiger partial charge on any atom is 0.329 e. The van der Waals surface area contributed by atoms with Gasteiger partial charge in [-0.05, 0) is 6.42 Å². The van der Waals surface area contributed by atoms with Crippen molar-refractivity contribution in [2.75, 3.05) is 13.2 Å². The van der Waals surface area contributed by atoms with Crippen LogP contribution < -0.4 is 5.73 Å². The van der Waals surface area contributed by atoms with E-state index >= 15 is 0 Å². The number of carbonyl (C=O) groups is 2. The summed E-state index contributed by atoms with van der Waals surface area (Å²) in [6.07, 6.45) is -0.863. The van der Waals surface area contributed by atoms with Crippen molar-refractivity contribution in [3.63, 3.8) is 0 Å². The van der Waals surface area contributed by atoms with Gasteiger partial charge in [-0.3, -0.25) is 4.79 Å². The van der Waals surface area contributed by atoms with E-state index in [4.69, 9.17) is 15.9 Å². The Morgan fingerprint density at radius 2 is 2.13 bits per heavy atom. The number of carboxylic acids is 1. The highest BCUT2D eigenvalue weighted by molar-refractivity contribution is 5.87. The Morgan fingerprint density at radius 3 is 2.60 bits per heavy atom. The number of amides is 1. The van der Waals surface area contributed by atoms with Crippen molar-refractivity contribution >= 4 is 11.9 Å². The lowest BCUT2D eigenvalue weighted by molar-refractivity contribution is -0.151. The Balaban J connectivity index is 2.77. The van der Waals surface area contributed by atoms with Crippen LogP contribution >= 0.6 is 0 Å². The summed E-state index contributed by atoms with van der Waals surface area (Å²) in [6.45, 7) is -0.400. The molecule has 0 saturated carbocycles. The van der Waals surface area contributed by atoms with Crippen molar-refractivity contribution in [2.45, 2.75) is 24.6 Å². The Labute approximate surface area is 86.1 Å². The number of aliphatic hydroxyl groups is 2. The minimum absolute atomic E-state index is 0.144. The summed E-state index contributed by atoms with van der Waals surface area (Å²) in [4.78, 5) is 23.3. The molecular formula is C8H14N2O5. The minimum Gasteiger partial charge on any atom is -0.480 e. The first-order chi connectivity index (χ1) is 6.99. The minimum atomic E-state index is -1.27. The predicted molar refractivity (Wildman–Crippen MR) is 48.8 cm³/mol. The molecule has 0 spiro atoms. The molecule has 5 N–H and O–H groups in total. The zero-order valence-electron chi connectivity index (χ0n) is 8.04. The maximum absolute atomic E-state index is 11.5. The molecule has 1 saturated heterocycles. The second kappa shape index (κ2) is 4.56. The number of aliphatic carboxylic acids is 1. The molecule has 1 aliphatic rings. The fourth-order valence-corrected chi connectivity index (χ4v) is 1.61. The lowest BCUT2D eigenvalue weighted by Crippen LogP contribution is -2.52. The monoisotopic (exact) mass is 218 g/mol. The van der Waals surface area contributed by atoms with Crippen LogP contribution in [0.1, 0.15) is 6.42 Å². The number of hydrogen-bond acceptors (Lipinski definition) is 5. The lowest BCUT2D eigenvalue weighted by Gasteiger charge is -2.24. The van der Waals surface area contributed by atoms with Crippen LogP contribution in [0.2, 0.25) is 0 Å². The summed E-state index contributed by atoms with van der Waals surface area (Å²) in [5.41, 5.74) is 5.29. The number of likely N-dealkylation sites (tertiary alicyclic amines) is 1. The van der Waals surface area contributed by atoms with Crippen molar-refractivity contribution in [1.82, 2.24) is 4.90 Å². The van der Waals surface area contributed by atoms with Crippen LogP contribution in [0.5, 0.6) is 0 Å². The van der Waals surface area contributed by atoms with Gasteiger partial charge < -0.3 is 26.0 Å². The summed E-state index contributed by atoms with van der Waals surface area (Å²) in [5.74, 6) is -1.92. The molecule has 1 rings (SSSR count). The van der Waals surface area contributed by atoms with E-state index in [1.165, 1.54) is 0 Å². The van der Waals surface area contributed by atoms with Crippen LogP contribution in [-0.2, 0) is 9.59 Å². The van der Waals surface area contributed by atoms with Gasteiger partial charge in [0.05, 0.1) is 12.7 Å². The van der Waals surface area contributed by atoms with E-state index in [1.807, 2.05) is 0 Å². The van der Waals surface area contributed by atoms with Crippen molar-refractivity contribution in [3.05, 3.63) is 0 Å². The number of carbonyl (C=O) groups excluding carboxylic acids is 1. The van der Waals surface area contributed by atoms with Crippen molar-refractivity contribution in [2.24, 2.45) is 5.73 Å². The molecule has 15 heavy (non-hydrogen) atoms. The third-order valence-corrected chi connectivity index (χ3v) is 2.42. The van der Waals surface area contributed by atoms with Crippen molar-refractivity contribution in [1.29, 1.82) is 0 Å². The number of aliphatic hydroxyl groups excluding tert-OH is 2. The first-order valence-corrected chi connectivity index (χ1v) is 4.56. The Kier molecular flexibility index (Phi) is 3.61. The number of rotatable bonds is 3. The number of carboxylic acid groups (broad SMARTS) is 1. The maximum atomic E-state index is 11.5. The summed E-state index contributed by atoms with van der Waals surface area (Å²) < 4.78 is 0. The zero-order valence-corrected chi connectivity index (χ0v) is 8.04. The second-order valence-corrected chi connectivity index (χ2v) is 3.46. The molecular weight excluding hydrogens is 204 g/mol. The molecule has 0 aliphatic carbocycles. The standard InChI is InChI=1S/C8H14N2O5/c9-4(3-11)7(13)10-2-1-5(12)6(10)8(14)15/h4-6,11-12H,1-3,9H2,(H,14,15)/t4-,5+,6-/m0/s1. The molecule has 0 aromatic rings. The van der Waals surface area contributed by atoms with Crippen LogP contribution in [-0.4, -0.2) is 63.4 Å². The van der Waals surface area contributed by atoms with E-state index in [-0.39, 0.29) is 13.0 Å². The molecule has 7 nitrogen and oxygen atoms in total. The summed E-state index contributed by atoms with van der Waals surface area (Å²) in [7, 11) is 0. The Hall–Kier alpha value is -1.18. The highest BCUT2D eigenvalue weighted by Crippen LogP contribution is 2.18. The van der Waals surface area contributed by atoms with E-state index in [2.05, 4.69) is 0 Å². The van der Waals surface area contributed by atoms with Gasteiger partial charge in [0.15, 0.2) is 6.04 Å². The highest BCUT2D eigenvalue weighted by Gasteiger charge is 2.42. The van der Waals surface area contributed by atoms with E-state index in [1.54, 1.807) is 0 Å². The predicted octanol–water partition coefficient (Wildman–Crippen LogP) is -2.65. The van der Waals surface area contributed by atoms with E-state index < -0.39 is 36.7 Å². The zero-order chi connectivity index (χ0) is 11.6. The van der Waals surface area contributed by atoms with Gasteiger partial charge in [0, 0.05) is 6.54 Å². The average molecular weight is 218 g/mol. The average Bonchev–Trinajstić information content (AvgIpc) is 2.57. The normalized spacial score (nSPS) is 27.8. The molecule has 1 amide bonds. The van der Waals surface area contributed by atoms with Crippen LogP contribution in [0, 0.1) is 0 Å². The van der Waals surface area contributed by atoms with Crippen molar-refractivity contribution in [3.8, 4) is 0 Å². The Morgan fingerprint density at radius 1 is 1.53 bits per heavy atom. The molecule has 0 aromatic heterocycles. The topological polar surface area (TPSA) is 124 Å². The first-order valence-electron chi connectivity index (χ1n) is 4.56. The number of nitrogens with two attached hydrogens (primary N) is 1. The summed E-state index contributed by atoms with van der Waals surface area (Å²) in [6, 6.07) is -2.38. The van der Waals surface area contributed by atoms with Crippen LogP contribution in [0.3, 0.4) is 0 Å². The molecule has 0 radical (unpaired) electrons. The molecule has 1 aliphatic heterocycles. The van der Waals surface area contributed by atoms with Crippen LogP contribution in [0.4, 0.5) is 0 Å². The van der Waals surface area contributed by atoms with Gasteiger partial charge in [-0.1, -0.05) is 0 Å². The third-order valence-electron chi connectivity index (χ3n) is 2.42. The number of nitrogens with zero attached hydrogens (tertiary/aromatic N) is 1. The lowest BCUT2D eigenvalue weighted by atomic mass is 10.1. The van der Waals surface area contributed by atoms with Gasteiger partial charge in [0.2, 0.25) is 5.91 Å². The van der Waals surface area contributed by atoms with Crippen LogP contribution in [0.15, 0.2) is 0 Å². The molecule has 7 heteroatoms. The molecule has 0 aromatic carbocycles. The van der Waals surface area contributed by atoms with Crippen LogP contribution in [0.25, 0.3) is 0 Å². The molecule has 0 unspecified atom stereocenters. The molecule has 1 fully saturated rings. The van der Waals surface area contributed by atoms with Gasteiger partial charge in [0.25, 0.3) is 0 Å². The smallest absolute Gasteiger partial charge is 0.329 e. The van der Waals surface area contributed by atoms with Crippen molar-refractivity contribution < 1.29 is 24.9 Å². The van der Waals surface area contributed by atoms with Gasteiger partial charge in [-0.25, -0.2) is 4.79 Å². The third kappa shape index (κ3) is 2.25. The summed E-state index contributed by atoms with van der Waals surface area (Å²) >= 11 is 0. The highest BCUT2D eigenvalue weighted by atomic mass is 16.4. The quantitative estimate of drug-likeness (QED) is 0.410. The van der Waals surface area contributed by atoms with Gasteiger partial charge in [-0.15, -0.1) is 0 Å². The first kappa shape index (κ1) is 11.9. The van der Waals surface area contributed by atoms with E-state index in [0.717, 1.165) is 4.90 Å². The molecule has 86 valence electrons. The SMILES string of the molecule is N[C@@H](CO)C(=O)N1CC[C@@H](O)[C@H]1C(=O)O.